The summed E-state index contributed by atoms with van der Waals surface area (Å²) >= 11 is 1.94. The monoisotopic (exact) mass is 476 g/mol. The second kappa shape index (κ2) is 8.60. The third kappa shape index (κ3) is 3.80. The van der Waals surface area contributed by atoms with Gasteiger partial charge in [0.25, 0.3) is 5.56 Å². The molecule has 0 fully saturated rings. The van der Waals surface area contributed by atoms with E-state index in [4.69, 9.17) is 4.74 Å². The highest BCUT2D eigenvalue weighted by atomic mass is 32.2. The van der Waals surface area contributed by atoms with Crippen LogP contribution in [-0.4, -0.2) is 27.7 Å². The lowest BCUT2D eigenvalue weighted by Crippen LogP contribution is -2.34. The molecule has 164 valence electrons. The molecule has 0 aliphatic rings. The van der Waals surface area contributed by atoms with Crippen molar-refractivity contribution in [3.63, 3.8) is 0 Å². The van der Waals surface area contributed by atoms with E-state index in [0.29, 0.717) is 20.8 Å². The Labute approximate surface area is 186 Å². The standard InChI is InChI=1S/C21H14F2N2O5S2/c1-30-16-4-2-3-12(22)11(16)8-31-10-5-6-13(23)15(7-10)25-19(26)17-14(24-21(25)29)9-32-18(17)20(27)28/h2-7,9H,8H2,1H3,(H,24,29)(H,27,28). The number of nitrogens with zero attached hydrogens (tertiary/aromatic N) is 1. The Morgan fingerprint density at radius 2 is 2.00 bits per heavy atom. The zero-order valence-electron chi connectivity index (χ0n) is 16.3. The summed E-state index contributed by atoms with van der Waals surface area (Å²) in [6, 6.07) is 8.22. The van der Waals surface area contributed by atoms with Crippen LogP contribution in [0, 0.1) is 11.6 Å². The molecule has 0 spiro atoms. The first-order valence-electron chi connectivity index (χ1n) is 9.05. The average Bonchev–Trinajstić information content (AvgIpc) is 3.19. The van der Waals surface area contributed by atoms with Gasteiger partial charge in [-0.1, -0.05) is 6.07 Å². The molecule has 0 saturated heterocycles. The number of carboxylic acids is 1. The summed E-state index contributed by atoms with van der Waals surface area (Å²) in [6.07, 6.45) is 0. The van der Waals surface area contributed by atoms with E-state index in [9.17, 15) is 28.3 Å². The van der Waals surface area contributed by atoms with Crippen LogP contribution in [0.25, 0.3) is 16.6 Å². The number of carbonyl (C=O) groups is 1. The van der Waals surface area contributed by atoms with Crippen molar-refractivity contribution in [3.05, 3.63) is 84.7 Å². The maximum atomic E-state index is 14.6. The van der Waals surface area contributed by atoms with Crippen LogP contribution < -0.4 is 16.0 Å². The van der Waals surface area contributed by atoms with Crippen LogP contribution in [0.5, 0.6) is 5.75 Å². The Morgan fingerprint density at radius 1 is 1.22 bits per heavy atom. The zero-order valence-corrected chi connectivity index (χ0v) is 18.0. The molecule has 11 heteroatoms. The third-order valence-electron chi connectivity index (χ3n) is 4.68. The number of thiophene rings is 1. The summed E-state index contributed by atoms with van der Waals surface area (Å²) < 4.78 is 34.5. The van der Waals surface area contributed by atoms with Gasteiger partial charge in [-0.15, -0.1) is 23.1 Å². The van der Waals surface area contributed by atoms with Crippen molar-refractivity contribution in [2.45, 2.75) is 10.6 Å². The normalized spacial score (nSPS) is 11.1. The quantitative estimate of drug-likeness (QED) is 0.408. The number of aromatic amines is 1. The predicted molar refractivity (Wildman–Crippen MR) is 117 cm³/mol. The van der Waals surface area contributed by atoms with E-state index in [-0.39, 0.29) is 27.2 Å². The molecule has 0 bridgehead atoms. The summed E-state index contributed by atoms with van der Waals surface area (Å²) in [7, 11) is 1.42. The highest BCUT2D eigenvalue weighted by Crippen LogP contribution is 2.31. The number of aromatic carboxylic acids is 1. The van der Waals surface area contributed by atoms with Gasteiger partial charge in [-0.25, -0.2) is 22.9 Å². The minimum atomic E-state index is -1.33. The van der Waals surface area contributed by atoms with Gasteiger partial charge in [0.05, 0.1) is 23.7 Å². The van der Waals surface area contributed by atoms with Crippen molar-refractivity contribution >= 4 is 40.0 Å². The van der Waals surface area contributed by atoms with Crippen LogP contribution in [0.15, 0.2) is 56.3 Å². The topological polar surface area (TPSA) is 101 Å². The fraction of sp³-hybridized carbons (Fsp3) is 0.0952. The molecule has 2 aromatic carbocycles. The molecule has 4 aromatic rings. The lowest BCUT2D eigenvalue weighted by atomic mass is 10.2. The number of halogens is 2. The minimum Gasteiger partial charge on any atom is -0.496 e. The van der Waals surface area contributed by atoms with E-state index in [1.807, 2.05) is 0 Å². The Hall–Kier alpha value is -3.44. The number of thioether (sulfide) groups is 1. The highest BCUT2D eigenvalue weighted by molar-refractivity contribution is 7.98. The average molecular weight is 476 g/mol. The van der Waals surface area contributed by atoms with Crippen LogP contribution in [-0.2, 0) is 5.75 Å². The largest absolute Gasteiger partial charge is 0.496 e. The molecule has 0 atom stereocenters. The van der Waals surface area contributed by atoms with Crippen molar-refractivity contribution in [2.75, 3.05) is 7.11 Å². The Bertz CT molecular complexity index is 1480. The van der Waals surface area contributed by atoms with E-state index in [0.717, 1.165) is 29.2 Å². The second-order valence-electron chi connectivity index (χ2n) is 6.55. The molecule has 2 N–H and O–H groups in total. The Kier molecular flexibility index (Phi) is 5.85. The predicted octanol–water partition coefficient (Wildman–Crippen LogP) is 4.02. The van der Waals surface area contributed by atoms with Gasteiger partial charge in [0.1, 0.15) is 22.3 Å². The lowest BCUT2D eigenvalue weighted by molar-refractivity contribution is 0.0704. The maximum absolute atomic E-state index is 14.6. The van der Waals surface area contributed by atoms with Crippen LogP contribution >= 0.6 is 23.1 Å². The van der Waals surface area contributed by atoms with Gasteiger partial charge in [0.2, 0.25) is 0 Å². The third-order valence-corrected chi connectivity index (χ3v) is 6.67. The summed E-state index contributed by atoms with van der Waals surface area (Å²) in [4.78, 5) is 39.5. The Balaban J connectivity index is 1.78. The van der Waals surface area contributed by atoms with Gasteiger partial charge in [0, 0.05) is 21.6 Å². The number of methoxy groups -OCH3 is 1. The van der Waals surface area contributed by atoms with Gasteiger partial charge < -0.3 is 14.8 Å². The van der Waals surface area contributed by atoms with Crippen molar-refractivity contribution in [1.29, 1.82) is 0 Å². The first-order chi connectivity index (χ1) is 15.3. The van der Waals surface area contributed by atoms with Crippen LogP contribution in [0.1, 0.15) is 15.2 Å². The summed E-state index contributed by atoms with van der Waals surface area (Å²) in [6.45, 7) is 0. The van der Waals surface area contributed by atoms with Crippen LogP contribution in [0.3, 0.4) is 0 Å². The van der Waals surface area contributed by atoms with Gasteiger partial charge in [-0.2, -0.15) is 0 Å². The van der Waals surface area contributed by atoms with E-state index < -0.39 is 28.9 Å². The molecule has 0 radical (unpaired) electrons. The van der Waals surface area contributed by atoms with Crippen molar-refractivity contribution in [1.82, 2.24) is 9.55 Å². The number of benzene rings is 2. The molecule has 7 nitrogen and oxygen atoms in total. The number of nitrogens with one attached hydrogen (secondary N) is 1. The smallest absolute Gasteiger partial charge is 0.346 e. The number of fused-ring (bicyclic) bond motifs is 1. The Morgan fingerprint density at radius 3 is 2.72 bits per heavy atom. The van der Waals surface area contributed by atoms with Gasteiger partial charge in [-0.05, 0) is 30.3 Å². The van der Waals surface area contributed by atoms with Gasteiger partial charge >= 0.3 is 11.7 Å². The number of aromatic nitrogens is 2. The van der Waals surface area contributed by atoms with E-state index in [2.05, 4.69) is 4.98 Å². The summed E-state index contributed by atoms with van der Waals surface area (Å²) in [5.74, 6) is -2.13. The molecule has 0 saturated carbocycles. The van der Waals surface area contributed by atoms with Crippen molar-refractivity contribution < 1.29 is 23.4 Å². The minimum absolute atomic E-state index is 0.0660. The molecule has 2 aromatic heterocycles. The fourth-order valence-corrected chi connectivity index (χ4v) is 4.97. The second-order valence-corrected chi connectivity index (χ2v) is 8.48. The van der Waals surface area contributed by atoms with E-state index in [1.54, 1.807) is 6.07 Å². The molecular formula is C21H14F2N2O5S2. The van der Waals surface area contributed by atoms with Gasteiger partial charge in [-0.3, -0.25) is 4.79 Å². The number of H-pyrrole nitrogens is 1. The molecule has 0 amide bonds. The highest BCUT2D eigenvalue weighted by Gasteiger charge is 2.20. The molecule has 32 heavy (non-hydrogen) atoms. The molecular weight excluding hydrogens is 462 g/mol. The number of ether oxygens (including phenoxy) is 1. The summed E-state index contributed by atoms with van der Waals surface area (Å²) in [5, 5.41) is 10.5. The number of rotatable bonds is 6. The molecule has 2 heterocycles. The lowest BCUT2D eigenvalue weighted by Gasteiger charge is -2.11. The molecule has 0 unspecified atom stereocenters. The molecule has 4 rings (SSSR count). The maximum Gasteiger partial charge on any atom is 0.346 e. The van der Waals surface area contributed by atoms with Gasteiger partial charge in [0.15, 0.2) is 0 Å². The first-order valence-corrected chi connectivity index (χ1v) is 10.9. The number of carboxylic acid groups (broad SMARTS) is 1. The SMILES string of the molecule is COc1cccc(F)c1CSc1ccc(F)c(-n2c(=O)[nH]c3csc(C(=O)O)c3c2=O)c1. The van der Waals surface area contributed by atoms with E-state index in [1.165, 1.54) is 36.8 Å². The first kappa shape index (κ1) is 21.8. The van der Waals surface area contributed by atoms with Crippen LogP contribution in [0.2, 0.25) is 0 Å². The number of hydrogen-bond donors (Lipinski definition) is 2. The van der Waals surface area contributed by atoms with Crippen molar-refractivity contribution in [2.24, 2.45) is 0 Å². The summed E-state index contributed by atoms with van der Waals surface area (Å²) in [5.41, 5.74) is -1.82. The van der Waals surface area contributed by atoms with E-state index >= 15 is 0 Å². The fourth-order valence-electron chi connectivity index (χ4n) is 3.19. The van der Waals surface area contributed by atoms with Crippen LogP contribution in [0.4, 0.5) is 8.78 Å². The number of hydrogen-bond acceptors (Lipinski definition) is 6. The molecule has 0 aliphatic heterocycles. The molecule has 0 aliphatic carbocycles. The van der Waals surface area contributed by atoms with Crippen molar-refractivity contribution in [3.8, 4) is 11.4 Å². The zero-order chi connectivity index (χ0) is 23.0.